The summed E-state index contributed by atoms with van der Waals surface area (Å²) in [5.74, 6) is -0.215. The zero-order valence-electron chi connectivity index (χ0n) is 12.7. The lowest BCUT2D eigenvalue weighted by molar-refractivity contribution is 0.583. The second-order valence-electron chi connectivity index (χ2n) is 5.38. The molecule has 3 heteroatoms. The fourth-order valence-corrected chi connectivity index (χ4v) is 3.01. The molecular weight excluding hydrogens is 329 g/mol. The molecule has 2 aromatic rings. The van der Waals surface area contributed by atoms with Crippen molar-refractivity contribution in [2.45, 2.75) is 33.2 Å². The largest absolute Gasteiger partial charge is 0.306 e. The Labute approximate surface area is 134 Å². The number of hydrogen-bond acceptors (Lipinski definition) is 1. The van der Waals surface area contributed by atoms with Gasteiger partial charge in [0.05, 0.1) is 6.04 Å². The highest BCUT2D eigenvalue weighted by molar-refractivity contribution is 9.10. The van der Waals surface area contributed by atoms with E-state index in [4.69, 9.17) is 0 Å². The van der Waals surface area contributed by atoms with Gasteiger partial charge in [0, 0.05) is 4.47 Å². The highest BCUT2D eigenvalue weighted by Gasteiger charge is 2.17. The molecule has 0 radical (unpaired) electrons. The fourth-order valence-electron chi connectivity index (χ4n) is 2.52. The van der Waals surface area contributed by atoms with Crippen molar-refractivity contribution >= 4 is 15.9 Å². The van der Waals surface area contributed by atoms with E-state index in [9.17, 15) is 4.39 Å². The van der Waals surface area contributed by atoms with Crippen molar-refractivity contribution in [1.29, 1.82) is 0 Å². The molecule has 1 atom stereocenters. The Balaban J connectivity index is 2.49. The molecule has 0 heterocycles. The normalized spacial score (nSPS) is 12.4. The summed E-state index contributed by atoms with van der Waals surface area (Å²) in [5.41, 5.74) is 4.67. The maximum absolute atomic E-state index is 13.7. The van der Waals surface area contributed by atoms with Crippen molar-refractivity contribution in [2.75, 3.05) is 6.54 Å². The molecule has 0 bridgehead atoms. The molecule has 0 aromatic heterocycles. The molecule has 21 heavy (non-hydrogen) atoms. The molecule has 1 nitrogen and oxygen atoms in total. The number of halogens is 2. The van der Waals surface area contributed by atoms with Crippen molar-refractivity contribution in [2.24, 2.45) is 0 Å². The third-order valence-electron chi connectivity index (χ3n) is 3.77. The lowest BCUT2D eigenvalue weighted by Gasteiger charge is -2.23. The third-order valence-corrected chi connectivity index (χ3v) is 4.23. The Kier molecular flexibility index (Phi) is 5.54. The Bertz CT molecular complexity index is 604. The van der Waals surface area contributed by atoms with Gasteiger partial charge in [0.2, 0.25) is 0 Å². The molecule has 0 spiro atoms. The minimum atomic E-state index is -0.215. The van der Waals surface area contributed by atoms with Gasteiger partial charge in [-0.25, -0.2) is 4.39 Å². The van der Waals surface area contributed by atoms with E-state index in [1.807, 2.05) is 6.07 Å². The van der Waals surface area contributed by atoms with Gasteiger partial charge in [0.1, 0.15) is 5.82 Å². The van der Waals surface area contributed by atoms with Crippen LogP contribution in [0.4, 0.5) is 4.39 Å². The zero-order chi connectivity index (χ0) is 15.4. The quantitative estimate of drug-likeness (QED) is 0.772. The summed E-state index contributed by atoms with van der Waals surface area (Å²) >= 11 is 3.39. The minimum Gasteiger partial charge on any atom is -0.306 e. The van der Waals surface area contributed by atoms with Crippen LogP contribution in [0.15, 0.2) is 40.9 Å². The second-order valence-corrected chi connectivity index (χ2v) is 6.29. The molecule has 1 N–H and O–H groups in total. The number of nitrogens with one attached hydrogen (secondary N) is 1. The van der Waals surface area contributed by atoms with Gasteiger partial charge >= 0.3 is 0 Å². The van der Waals surface area contributed by atoms with Gasteiger partial charge in [0.15, 0.2) is 0 Å². The highest BCUT2D eigenvalue weighted by Crippen LogP contribution is 2.29. The molecule has 0 saturated carbocycles. The van der Waals surface area contributed by atoms with E-state index in [0.717, 1.165) is 23.0 Å². The summed E-state index contributed by atoms with van der Waals surface area (Å²) in [6.45, 7) is 7.26. The monoisotopic (exact) mass is 349 g/mol. The van der Waals surface area contributed by atoms with E-state index in [2.05, 4.69) is 60.2 Å². The molecule has 1 unspecified atom stereocenters. The van der Waals surface area contributed by atoms with Crippen LogP contribution in [-0.2, 0) is 0 Å². The maximum atomic E-state index is 13.7. The molecule has 0 aliphatic carbocycles. The third kappa shape index (κ3) is 3.92. The first kappa shape index (κ1) is 16.2. The summed E-state index contributed by atoms with van der Waals surface area (Å²) in [5, 5.41) is 3.54. The van der Waals surface area contributed by atoms with Crippen LogP contribution >= 0.6 is 15.9 Å². The predicted octanol–water partition coefficient (Wildman–Crippen LogP) is 5.29. The molecule has 0 fully saturated rings. The van der Waals surface area contributed by atoms with Gasteiger partial charge in [-0.2, -0.15) is 0 Å². The molecule has 112 valence electrons. The van der Waals surface area contributed by atoms with Crippen molar-refractivity contribution in [3.05, 3.63) is 68.9 Å². The standard InChI is InChI=1S/C18H21BrFN/c1-4-8-21-18(14-9-15(19)11-16(20)10-14)17-7-5-6-12(2)13(17)3/h5-7,9-11,18,21H,4,8H2,1-3H3. The Hall–Kier alpha value is -1.19. The molecular formula is C18H21BrFN. The second kappa shape index (κ2) is 7.19. The summed E-state index contributed by atoms with van der Waals surface area (Å²) in [6.07, 6.45) is 1.04. The topological polar surface area (TPSA) is 12.0 Å². The predicted molar refractivity (Wildman–Crippen MR) is 90.2 cm³/mol. The van der Waals surface area contributed by atoms with Crippen LogP contribution in [0.5, 0.6) is 0 Å². The van der Waals surface area contributed by atoms with E-state index in [1.54, 1.807) is 6.07 Å². The lowest BCUT2D eigenvalue weighted by Crippen LogP contribution is -2.24. The first-order valence-electron chi connectivity index (χ1n) is 7.28. The summed E-state index contributed by atoms with van der Waals surface area (Å²) < 4.78 is 14.5. The molecule has 0 amide bonds. The van der Waals surface area contributed by atoms with Gasteiger partial charge in [-0.15, -0.1) is 0 Å². The summed E-state index contributed by atoms with van der Waals surface area (Å²) in [4.78, 5) is 0. The first-order valence-corrected chi connectivity index (χ1v) is 8.07. The van der Waals surface area contributed by atoms with Gasteiger partial charge in [-0.3, -0.25) is 0 Å². The summed E-state index contributed by atoms with van der Waals surface area (Å²) in [6, 6.07) is 11.4. The van der Waals surface area contributed by atoms with Gasteiger partial charge < -0.3 is 5.32 Å². The molecule has 0 aliphatic heterocycles. The van der Waals surface area contributed by atoms with E-state index in [0.29, 0.717) is 0 Å². The van der Waals surface area contributed by atoms with Crippen LogP contribution < -0.4 is 5.32 Å². The van der Waals surface area contributed by atoms with Gasteiger partial charge in [-0.05, 0) is 67.3 Å². The van der Waals surface area contributed by atoms with Crippen LogP contribution in [0.25, 0.3) is 0 Å². The van der Waals surface area contributed by atoms with E-state index < -0.39 is 0 Å². The molecule has 0 saturated heterocycles. The highest BCUT2D eigenvalue weighted by atomic mass is 79.9. The van der Waals surface area contributed by atoms with Crippen LogP contribution in [-0.4, -0.2) is 6.54 Å². The average Bonchev–Trinajstić information content (AvgIpc) is 2.42. The average molecular weight is 350 g/mol. The number of hydrogen-bond donors (Lipinski definition) is 1. The SMILES string of the molecule is CCCNC(c1cc(F)cc(Br)c1)c1cccc(C)c1C. The summed E-state index contributed by atoms with van der Waals surface area (Å²) in [7, 11) is 0. The number of rotatable bonds is 5. The lowest BCUT2D eigenvalue weighted by atomic mass is 9.92. The van der Waals surface area contributed by atoms with Crippen molar-refractivity contribution in [3.8, 4) is 0 Å². The van der Waals surface area contributed by atoms with Crippen LogP contribution in [0.2, 0.25) is 0 Å². The fraction of sp³-hybridized carbons (Fsp3) is 0.333. The van der Waals surface area contributed by atoms with Crippen molar-refractivity contribution in [1.82, 2.24) is 5.32 Å². The molecule has 2 rings (SSSR count). The zero-order valence-corrected chi connectivity index (χ0v) is 14.3. The number of aryl methyl sites for hydroxylation is 1. The van der Waals surface area contributed by atoms with E-state index >= 15 is 0 Å². The van der Waals surface area contributed by atoms with Gasteiger partial charge in [0.25, 0.3) is 0 Å². The smallest absolute Gasteiger partial charge is 0.124 e. The van der Waals surface area contributed by atoms with Crippen LogP contribution in [0.1, 0.15) is 41.6 Å². The number of benzene rings is 2. The van der Waals surface area contributed by atoms with E-state index in [1.165, 1.54) is 22.8 Å². The van der Waals surface area contributed by atoms with Gasteiger partial charge in [-0.1, -0.05) is 41.1 Å². The Morgan fingerprint density at radius 3 is 2.62 bits per heavy atom. The first-order chi connectivity index (χ1) is 10.0. The van der Waals surface area contributed by atoms with Crippen molar-refractivity contribution in [3.63, 3.8) is 0 Å². The Morgan fingerprint density at radius 2 is 1.95 bits per heavy atom. The van der Waals surface area contributed by atoms with Crippen LogP contribution in [0, 0.1) is 19.7 Å². The molecule has 0 aliphatic rings. The van der Waals surface area contributed by atoms with Crippen LogP contribution in [0.3, 0.4) is 0 Å². The molecule has 2 aromatic carbocycles. The van der Waals surface area contributed by atoms with Crippen molar-refractivity contribution < 1.29 is 4.39 Å². The Morgan fingerprint density at radius 1 is 1.19 bits per heavy atom. The minimum absolute atomic E-state index is 0.0110. The maximum Gasteiger partial charge on any atom is 0.124 e. The van der Waals surface area contributed by atoms with E-state index in [-0.39, 0.29) is 11.9 Å².